The van der Waals surface area contributed by atoms with Gasteiger partial charge in [0.05, 0.1) is 15.1 Å². The molecule has 0 fully saturated rings. The molecule has 0 aliphatic heterocycles. The van der Waals surface area contributed by atoms with Gasteiger partial charge in [0.1, 0.15) is 10.1 Å². The van der Waals surface area contributed by atoms with Crippen LogP contribution in [0.1, 0.15) is 27.0 Å². The van der Waals surface area contributed by atoms with Crippen LogP contribution in [0.25, 0.3) is 10.2 Å². The molecular formula is C29H25IN2O4S2. The number of aromatic nitrogens is 1. The average molecular weight is 657 g/mol. The number of rotatable bonds is 5. The topological polar surface area (TPSA) is 99.2 Å². The van der Waals surface area contributed by atoms with Crippen LogP contribution in [0.4, 0.5) is 5.13 Å². The summed E-state index contributed by atoms with van der Waals surface area (Å²) in [6, 6.07) is 28.5. The lowest BCUT2D eigenvalue weighted by atomic mass is 10.2. The number of hydrogen-bond acceptors (Lipinski definition) is 6. The molecule has 5 rings (SSSR count). The van der Waals surface area contributed by atoms with Gasteiger partial charge in [-0.25, -0.2) is 13.4 Å². The molecule has 4 aromatic carbocycles. The number of benzene rings is 4. The van der Waals surface area contributed by atoms with E-state index in [0.29, 0.717) is 10.7 Å². The summed E-state index contributed by atoms with van der Waals surface area (Å²) >= 11 is 1.21. The van der Waals surface area contributed by atoms with Crippen molar-refractivity contribution in [1.82, 2.24) is 4.98 Å². The minimum atomic E-state index is -4.27. The minimum Gasteiger partial charge on any atom is -0.744 e. The van der Waals surface area contributed by atoms with Crippen molar-refractivity contribution in [1.29, 1.82) is 0 Å². The van der Waals surface area contributed by atoms with Crippen LogP contribution in [0.2, 0.25) is 0 Å². The van der Waals surface area contributed by atoms with Gasteiger partial charge >= 0.3 is 21.2 Å². The Kier molecular flexibility index (Phi) is 8.93. The maximum Gasteiger partial charge on any atom is 0.357 e. The lowest BCUT2D eigenvalue weighted by Crippen LogP contribution is -3.61. The zero-order valence-corrected chi connectivity index (χ0v) is 24.7. The number of halogens is 1. The standard InChI is InChI=1S/C22H17IN2OS.C7H8O3S/c1-14-6-9-17(10-7-14)23-18-5-3-4-16(13-18)21(26)25-22-24-19-11-8-15(2)12-20(19)27-22;1-6-2-4-7(5-3-6)11(8,9)10/h3-13H,1-2H3;2-5H,1H3,(H,8,9,10). The Bertz CT molecular complexity index is 1680. The lowest BCUT2D eigenvalue weighted by molar-refractivity contribution is -0.597. The first-order valence-corrected chi connectivity index (χ1v) is 16.0. The second-order valence-electron chi connectivity index (χ2n) is 8.61. The van der Waals surface area contributed by atoms with Crippen molar-refractivity contribution < 1.29 is 39.0 Å². The van der Waals surface area contributed by atoms with E-state index < -0.39 is 10.1 Å². The van der Waals surface area contributed by atoms with Gasteiger partial charge in [0.2, 0.25) is 0 Å². The van der Waals surface area contributed by atoms with Crippen LogP contribution >= 0.6 is 11.3 Å². The fraction of sp³-hybridized carbons (Fsp3) is 0.103. The van der Waals surface area contributed by atoms with Crippen LogP contribution < -0.4 is 26.5 Å². The van der Waals surface area contributed by atoms with E-state index in [0.717, 1.165) is 15.8 Å². The number of aryl methyl sites for hydroxylation is 3. The monoisotopic (exact) mass is 656 g/mol. The van der Waals surface area contributed by atoms with Gasteiger partial charge in [-0.2, -0.15) is 0 Å². The van der Waals surface area contributed by atoms with Gasteiger partial charge in [0.25, 0.3) is 5.91 Å². The third kappa shape index (κ3) is 7.70. The molecule has 5 aromatic rings. The fourth-order valence-electron chi connectivity index (χ4n) is 3.37. The Morgan fingerprint density at radius 3 is 2.11 bits per heavy atom. The van der Waals surface area contributed by atoms with E-state index in [9.17, 15) is 17.8 Å². The molecule has 0 radical (unpaired) electrons. The Labute approximate surface area is 236 Å². The number of nitrogens with one attached hydrogen (secondary N) is 1. The number of hydrogen-bond donors (Lipinski definition) is 1. The van der Waals surface area contributed by atoms with Gasteiger partial charge in [-0.05, 0) is 74.9 Å². The van der Waals surface area contributed by atoms with Crippen LogP contribution in [0.3, 0.4) is 0 Å². The number of thiazole rings is 1. The molecule has 1 N–H and O–H groups in total. The SMILES string of the molecule is Cc1ccc(S(=O)(=O)[O-])cc1.Cc1ccc([I+]c2cccc(C(=O)Nc3nc4ccc(C)cc4s3)c2)cc1. The number of anilines is 1. The van der Waals surface area contributed by atoms with Crippen LogP contribution in [0.15, 0.2) is 95.9 Å². The quantitative estimate of drug-likeness (QED) is 0.232. The molecule has 194 valence electrons. The normalized spacial score (nSPS) is 11.1. The summed E-state index contributed by atoms with van der Waals surface area (Å²) in [6.45, 7) is 5.97. The van der Waals surface area contributed by atoms with E-state index in [4.69, 9.17) is 0 Å². The van der Waals surface area contributed by atoms with E-state index in [1.807, 2.05) is 37.3 Å². The average Bonchev–Trinajstić information content (AvgIpc) is 3.27. The summed E-state index contributed by atoms with van der Waals surface area (Å²) in [6.07, 6.45) is 0. The van der Waals surface area contributed by atoms with Crippen molar-refractivity contribution in [3.63, 3.8) is 0 Å². The van der Waals surface area contributed by atoms with Gasteiger partial charge in [0, 0.05) is 11.6 Å². The Morgan fingerprint density at radius 1 is 0.816 bits per heavy atom. The van der Waals surface area contributed by atoms with Crippen LogP contribution in [-0.2, 0) is 10.1 Å². The summed E-state index contributed by atoms with van der Waals surface area (Å²) in [4.78, 5) is 17.0. The number of fused-ring (bicyclic) bond motifs is 1. The van der Waals surface area contributed by atoms with Crippen LogP contribution in [-0.4, -0.2) is 23.9 Å². The molecule has 6 nitrogen and oxygen atoms in total. The number of carbonyl (C=O) groups is 1. The first-order valence-electron chi connectivity index (χ1n) is 11.6. The molecule has 0 aliphatic carbocycles. The largest absolute Gasteiger partial charge is 0.744 e. The highest BCUT2D eigenvalue weighted by molar-refractivity contribution is 7.85. The molecule has 38 heavy (non-hydrogen) atoms. The molecule has 0 spiro atoms. The molecule has 1 amide bonds. The van der Waals surface area contributed by atoms with Crippen molar-refractivity contribution in [3.05, 3.63) is 120 Å². The van der Waals surface area contributed by atoms with Crippen LogP contribution in [0.5, 0.6) is 0 Å². The highest BCUT2D eigenvalue weighted by atomic mass is 127. The van der Waals surface area contributed by atoms with E-state index in [1.165, 1.54) is 41.7 Å². The number of amides is 1. The third-order valence-electron chi connectivity index (χ3n) is 5.39. The predicted molar refractivity (Wildman–Crippen MR) is 146 cm³/mol. The van der Waals surface area contributed by atoms with Crippen molar-refractivity contribution >= 4 is 42.7 Å². The molecule has 0 bridgehead atoms. The van der Waals surface area contributed by atoms with Crippen LogP contribution in [0, 0.1) is 27.9 Å². The maximum absolute atomic E-state index is 12.7. The molecule has 1 aromatic heterocycles. The van der Waals surface area contributed by atoms with Gasteiger partial charge in [-0.15, -0.1) is 0 Å². The third-order valence-corrected chi connectivity index (χ3v) is 9.81. The molecular weight excluding hydrogens is 631 g/mol. The van der Waals surface area contributed by atoms with E-state index >= 15 is 0 Å². The second kappa shape index (κ2) is 12.2. The summed E-state index contributed by atoms with van der Waals surface area (Å²) in [7, 11) is -4.27. The maximum atomic E-state index is 12.7. The highest BCUT2D eigenvalue weighted by Crippen LogP contribution is 2.27. The van der Waals surface area contributed by atoms with Gasteiger partial charge < -0.3 is 4.55 Å². The minimum absolute atomic E-state index is 0.111. The van der Waals surface area contributed by atoms with E-state index in [1.54, 1.807) is 12.1 Å². The zero-order valence-electron chi connectivity index (χ0n) is 20.9. The van der Waals surface area contributed by atoms with Crippen molar-refractivity contribution in [2.75, 3.05) is 5.32 Å². The smallest absolute Gasteiger partial charge is 0.357 e. The lowest BCUT2D eigenvalue weighted by Gasteiger charge is -2.05. The Morgan fingerprint density at radius 2 is 1.45 bits per heavy atom. The Hall–Kier alpha value is -3.12. The first-order chi connectivity index (χ1) is 18.1. The summed E-state index contributed by atoms with van der Waals surface area (Å²) in [5.74, 6) is -0.111. The molecule has 0 atom stereocenters. The van der Waals surface area contributed by atoms with E-state index in [2.05, 4.69) is 60.5 Å². The fourth-order valence-corrected chi connectivity index (χ4v) is 7.12. The van der Waals surface area contributed by atoms with Gasteiger partial charge in [0.15, 0.2) is 12.3 Å². The molecule has 0 aliphatic rings. The summed E-state index contributed by atoms with van der Waals surface area (Å²) in [5, 5.41) is 3.58. The van der Waals surface area contributed by atoms with E-state index in [-0.39, 0.29) is 32.0 Å². The number of nitrogens with zero attached hydrogens (tertiary/aromatic N) is 1. The molecule has 1 heterocycles. The predicted octanol–water partition coefficient (Wildman–Crippen LogP) is 3.19. The highest BCUT2D eigenvalue weighted by Gasteiger charge is 2.18. The second-order valence-corrected chi connectivity index (χ2v) is 14.1. The van der Waals surface area contributed by atoms with Gasteiger partial charge in [-0.1, -0.05) is 58.9 Å². The molecule has 0 saturated heterocycles. The number of carbonyl (C=O) groups excluding carboxylic acids is 1. The van der Waals surface area contributed by atoms with Gasteiger partial charge in [-0.3, -0.25) is 10.1 Å². The summed E-state index contributed by atoms with van der Waals surface area (Å²) in [5.41, 5.74) is 4.98. The summed E-state index contributed by atoms with van der Waals surface area (Å²) < 4.78 is 34.8. The first kappa shape index (κ1) is 27.9. The van der Waals surface area contributed by atoms with Crippen molar-refractivity contribution in [2.45, 2.75) is 25.7 Å². The van der Waals surface area contributed by atoms with Crippen molar-refractivity contribution in [3.8, 4) is 0 Å². The van der Waals surface area contributed by atoms with Crippen molar-refractivity contribution in [2.24, 2.45) is 0 Å². The zero-order chi connectivity index (χ0) is 27.3. The molecule has 0 unspecified atom stereocenters. The molecule has 0 saturated carbocycles. The Balaban J connectivity index is 0.000000257. The molecule has 9 heteroatoms.